The van der Waals surface area contributed by atoms with Crippen molar-refractivity contribution in [1.29, 1.82) is 0 Å². The number of nitrogens with zero attached hydrogens (tertiary/aromatic N) is 4. The fourth-order valence-electron chi connectivity index (χ4n) is 2.82. The molecule has 4 aromatic rings. The minimum Gasteiger partial charge on any atom is -0.495 e. The minimum atomic E-state index is -0.256. The van der Waals surface area contributed by atoms with Crippen molar-refractivity contribution in [3.8, 4) is 11.4 Å². The first-order chi connectivity index (χ1) is 13.6. The zero-order valence-corrected chi connectivity index (χ0v) is 15.9. The fraction of sp³-hybridized carbons (Fsp3) is 0.100. The van der Waals surface area contributed by atoms with E-state index in [9.17, 15) is 4.79 Å². The number of aromatic nitrogens is 4. The van der Waals surface area contributed by atoms with Gasteiger partial charge in [-0.15, -0.1) is 5.10 Å². The summed E-state index contributed by atoms with van der Waals surface area (Å²) in [5.74, 6) is 0.244. The Morgan fingerprint density at radius 1 is 1.18 bits per heavy atom. The molecule has 8 heteroatoms. The van der Waals surface area contributed by atoms with Crippen LogP contribution < -0.4 is 10.1 Å². The van der Waals surface area contributed by atoms with Gasteiger partial charge in [0.1, 0.15) is 11.3 Å². The topological polar surface area (TPSA) is 81.9 Å². The van der Waals surface area contributed by atoms with Crippen molar-refractivity contribution in [1.82, 2.24) is 20.0 Å². The van der Waals surface area contributed by atoms with Crippen LogP contribution in [0.1, 0.15) is 15.9 Å². The van der Waals surface area contributed by atoms with Gasteiger partial charge in [0.2, 0.25) is 0 Å². The van der Waals surface area contributed by atoms with E-state index in [0.717, 1.165) is 11.3 Å². The van der Waals surface area contributed by atoms with Crippen molar-refractivity contribution in [3.05, 3.63) is 70.9 Å². The Balaban J connectivity index is 1.59. The van der Waals surface area contributed by atoms with Crippen molar-refractivity contribution in [2.45, 2.75) is 6.92 Å². The number of aryl methyl sites for hydroxylation is 1. The zero-order valence-electron chi connectivity index (χ0n) is 15.2. The number of carbonyl (C=O) groups is 1. The van der Waals surface area contributed by atoms with E-state index < -0.39 is 0 Å². The third-order valence-corrected chi connectivity index (χ3v) is 4.72. The summed E-state index contributed by atoms with van der Waals surface area (Å²) >= 11 is 6.11. The number of carbonyl (C=O) groups excluding carboxylic acids is 1. The molecule has 28 heavy (non-hydrogen) atoms. The lowest BCUT2D eigenvalue weighted by Crippen LogP contribution is -2.13. The van der Waals surface area contributed by atoms with Gasteiger partial charge in [0.15, 0.2) is 5.65 Å². The van der Waals surface area contributed by atoms with Crippen molar-refractivity contribution in [2.24, 2.45) is 0 Å². The van der Waals surface area contributed by atoms with E-state index >= 15 is 0 Å². The SMILES string of the molecule is COc1cc(Cl)c(C)cc1NC(=O)c1ccc(-n2nnc3cccnc32)cc1. The first-order valence-electron chi connectivity index (χ1n) is 8.49. The number of hydrogen-bond acceptors (Lipinski definition) is 5. The highest BCUT2D eigenvalue weighted by atomic mass is 35.5. The lowest BCUT2D eigenvalue weighted by atomic mass is 10.1. The van der Waals surface area contributed by atoms with Crippen LogP contribution in [0, 0.1) is 6.92 Å². The summed E-state index contributed by atoms with van der Waals surface area (Å²) in [7, 11) is 1.53. The number of halogens is 1. The van der Waals surface area contributed by atoms with Crippen LogP contribution in [0.15, 0.2) is 54.7 Å². The van der Waals surface area contributed by atoms with Crippen molar-refractivity contribution >= 4 is 34.4 Å². The average molecular weight is 394 g/mol. The summed E-state index contributed by atoms with van der Waals surface area (Å²) in [6, 6.07) is 14.1. The summed E-state index contributed by atoms with van der Waals surface area (Å²) < 4.78 is 6.93. The molecule has 0 unspecified atom stereocenters. The Morgan fingerprint density at radius 2 is 1.96 bits per heavy atom. The van der Waals surface area contributed by atoms with Gasteiger partial charge in [0.25, 0.3) is 5.91 Å². The molecule has 0 aliphatic carbocycles. The van der Waals surface area contributed by atoms with Crippen molar-refractivity contribution in [3.63, 3.8) is 0 Å². The van der Waals surface area contributed by atoms with Gasteiger partial charge < -0.3 is 10.1 Å². The molecule has 0 atom stereocenters. The quantitative estimate of drug-likeness (QED) is 0.566. The highest BCUT2D eigenvalue weighted by Crippen LogP contribution is 2.31. The number of amides is 1. The van der Waals surface area contributed by atoms with Crippen LogP contribution in [-0.2, 0) is 0 Å². The molecule has 4 rings (SSSR count). The van der Waals surface area contributed by atoms with E-state index in [2.05, 4.69) is 20.6 Å². The van der Waals surface area contributed by atoms with Gasteiger partial charge >= 0.3 is 0 Å². The number of hydrogen-bond donors (Lipinski definition) is 1. The number of benzene rings is 2. The largest absolute Gasteiger partial charge is 0.495 e. The molecule has 2 aromatic heterocycles. The minimum absolute atomic E-state index is 0.256. The summed E-state index contributed by atoms with van der Waals surface area (Å²) in [4.78, 5) is 16.9. The van der Waals surface area contributed by atoms with E-state index in [1.165, 1.54) is 7.11 Å². The van der Waals surface area contributed by atoms with Gasteiger partial charge in [0, 0.05) is 22.8 Å². The van der Waals surface area contributed by atoms with E-state index in [1.54, 1.807) is 47.3 Å². The molecule has 0 saturated heterocycles. The lowest BCUT2D eigenvalue weighted by molar-refractivity contribution is 0.102. The van der Waals surface area contributed by atoms with Gasteiger partial charge in [-0.25, -0.2) is 4.98 Å². The number of nitrogens with one attached hydrogen (secondary N) is 1. The average Bonchev–Trinajstić information content (AvgIpc) is 3.15. The maximum absolute atomic E-state index is 12.6. The van der Waals surface area contributed by atoms with Crippen LogP contribution >= 0.6 is 11.6 Å². The van der Waals surface area contributed by atoms with Gasteiger partial charge in [0.05, 0.1) is 18.5 Å². The molecule has 7 nitrogen and oxygen atoms in total. The number of fused-ring (bicyclic) bond motifs is 1. The van der Waals surface area contributed by atoms with Crippen LogP contribution in [0.2, 0.25) is 5.02 Å². The molecule has 2 heterocycles. The van der Waals surface area contributed by atoms with Gasteiger partial charge in [-0.1, -0.05) is 16.8 Å². The monoisotopic (exact) mass is 393 g/mol. The maximum Gasteiger partial charge on any atom is 0.255 e. The third-order valence-electron chi connectivity index (χ3n) is 4.31. The Kier molecular flexibility index (Phi) is 4.67. The summed E-state index contributed by atoms with van der Waals surface area (Å²) in [6.07, 6.45) is 1.69. The molecule has 0 fully saturated rings. The molecular weight excluding hydrogens is 378 g/mol. The predicted octanol–water partition coefficient (Wildman–Crippen LogP) is 4.04. The van der Waals surface area contributed by atoms with Crippen LogP contribution in [0.5, 0.6) is 5.75 Å². The lowest BCUT2D eigenvalue weighted by Gasteiger charge is -2.12. The van der Waals surface area contributed by atoms with Crippen LogP contribution in [0.25, 0.3) is 16.9 Å². The number of rotatable bonds is 4. The molecule has 0 spiro atoms. The smallest absolute Gasteiger partial charge is 0.255 e. The molecule has 2 aromatic carbocycles. The van der Waals surface area contributed by atoms with E-state index in [0.29, 0.717) is 33.2 Å². The molecule has 0 saturated carbocycles. The van der Waals surface area contributed by atoms with Gasteiger partial charge in [-0.3, -0.25) is 4.79 Å². The van der Waals surface area contributed by atoms with Gasteiger partial charge in [-0.05, 0) is 55.0 Å². The van der Waals surface area contributed by atoms with E-state index in [4.69, 9.17) is 16.3 Å². The molecule has 0 aliphatic rings. The summed E-state index contributed by atoms with van der Waals surface area (Å²) in [5.41, 5.74) is 4.02. The number of anilines is 1. The van der Waals surface area contributed by atoms with Crippen LogP contribution in [0.3, 0.4) is 0 Å². The second-order valence-corrected chi connectivity index (χ2v) is 6.56. The Morgan fingerprint density at radius 3 is 2.71 bits per heavy atom. The number of pyridine rings is 1. The summed E-state index contributed by atoms with van der Waals surface area (Å²) in [6.45, 7) is 1.86. The van der Waals surface area contributed by atoms with E-state index in [-0.39, 0.29) is 5.91 Å². The standard InChI is InChI=1S/C20H16ClN5O2/c1-12-10-17(18(28-2)11-15(12)21)23-20(27)13-5-7-14(8-6-13)26-19-16(24-25-26)4-3-9-22-19/h3-11H,1-2H3,(H,23,27). The second kappa shape index (κ2) is 7.28. The van der Waals surface area contributed by atoms with Crippen molar-refractivity contribution < 1.29 is 9.53 Å². The highest BCUT2D eigenvalue weighted by Gasteiger charge is 2.13. The highest BCUT2D eigenvalue weighted by molar-refractivity contribution is 6.31. The van der Waals surface area contributed by atoms with Crippen LogP contribution in [0.4, 0.5) is 5.69 Å². The Labute approximate surface area is 165 Å². The molecule has 1 N–H and O–H groups in total. The normalized spacial score (nSPS) is 10.8. The van der Waals surface area contributed by atoms with Crippen LogP contribution in [-0.4, -0.2) is 33.0 Å². The molecular formula is C20H16ClN5O2. The fourth-order valence-corrected chi connectivity index (χ4v) is 2.97. The summed E-state index contributed by atoms with van der Waals surface area (Å²) in [5, 5.41) is 11.6. The van der Waals surface area contributed by atoms with Gasteiger partial charge in [-0.2, -0.15) is 4.68 Å². The number of ether oxygens (including phenoxy) is 1. The van der Waals surface area contributed by atoms with Crippen molar-refractivity contribution in [2.75, 3.05) is 12.4 Å². The Bertz CT molecular complexity index is 1170. The molecule has 0 radical (unpaired) electrons. The first-order valence-corrected chi connectivity index (χ1v) is 8.87. The zero-order chi connectivity index (χ0) is 19.7. The molecule has 0 aliphatic heterocycles. The second-order valence-electron chi connectivity index (χ2n) is 6.15. The number of methoxy groups -OCH3 is 1. The molecule has 0 bridgehead atoms. The third kappa shape index (κ3) is 3.27. The predicted molar refractivity (Wildman–Crippen MR) is 107 cm³/mol. The Hall–Kier alpha value is -3.45. The first kappa shape index (κ1) is 17.9. The maximum atomic E-state index is 12.6. The molecule has 140 valence electrons. The molecule has 1 amide bonds. The van der Waals surface area contributed by atoms with E-state index in [1.807, 2.05) is 19.1 Å².